The van der Waals surface area contributed by atoms with E-state index in [1.807, 2.05) is 17.0 Å². The van der Waals surface area contributed by atoms with Gasteiger partial charge in [0.2, 0.25) is 11.7 Å². The van der Waals surface area contributed by atoms with Crippen molar-refractivity contribution in [2.24, 2.45) is 0 Å². The molecule has 146 valence electrons. The lowest BCUT2D eigenvalue weighted by molar-refractivity contribution is -0.131. The van der Waals surface area contributed by atoms with Gasteiger partial charge in [-0.2, -0.15) is 0 Å². The first-order valence-corrected chi connectivity index (χ1v) is 11.1. The smallest absolute Gasteiger partial charge is 0.233 e. The number of hydrogen-bond acceptors (Lipinski definition) is 5. The maximum Gasteiger partial charge on any atom is 0.233 e. The van der Waals surface area contributed by atoms with Crippen molar-refractivity contribution in [3.8, 4) is 11.6 Å². The number of hydrogen-bond donors (Lipinski definition) is 0. The molecule has 1 aliphatic heterocycles. The second-order valence-corrected chi connectivity index (χ2v) is 8.61. The zero-order valence-corrected chi connectivity index (χ0v) is 16.8. The lowest BCUT2D eigenvalue weighted by Gasteiger charge is -2.33. The van der Waals surface area contributed by atoms with Crippen LogP contribution >= 0.6 is 11.8 Å². The molecule has 2 aromatic heterocycles. The molecular weight excluding hydrogens is 360 g/mol. The molecule has 1 atom stereocenters. The minimum atomic E-state index is 0.213. The lowest BCUT2D eigenvalue weighted by Crippen LogP contribution is -2.43. The second-order valence-electron chi connectivity index (χ2n) is 7.67. The molecule has 1 aliphatic carbocycles. The van der Waals surface area contributed by atoms with Crippen molar-refractivity contribution in [3.05, 3.63) is 18.4 Å². The van der Waals surface area contributed by atoms with E-state index < -0.39 is 0 Å². The summed E-state index contributed by atoms with van der Waals surface area (Å²) in [5, 5.41) is 9.68. The normalized spacial score (nSPS) is 21.5. The van der Waals surface area contributed by atoms with E-state index >= 15 is 0 Å². The first kappa shape index (κ1) is 18.6. The summed E-state index contributed by atoms with van der Waals surface area (Å²) in [6, 6.07) is 4.55. The summed E-state index contributed by atoms with van der Waals surface area (Å²) in [5.74, 6) is 2.17. The quantitative estimate of drug-likeness (QED) is 0.704. The molecule has 0 N–H and O–H groups in total. The Morgan fingerprint density at radius 1 is 1.19 bits per heavy atom. The van der Waals surface area contributed by atoms with Crippen molar-refractivity contribution in [1.82, 2.24) is 19.7 Å². The molecule has 1 saturated heterocycles. The summed E-state index contributed by atoms with van der Waals surface area (Å²) in [6.07, 6.45) is 11.1. The van der Waals surface area contributed by atoms with Gasteiger partial charge >= 0.3 is 0 Å². The largest absolute Gasteiger partial charge is 0.461 e. The first-order valence-electron chi connectivity index (χ1n) is 10.1. The van der Waals surface area contributed by atoms with E-state index in [0.717, 1.165) is 49.0 Å². The number of furan rings is 1. The summed E-state index contributed by atoms with van der Waals surface area (Å²) < 4.78 is 7.81. The molecule has 6 nitrogen and oxygen atoms in total. The topological polar surface area (TPSA) is 64.2 Å². The Hall–Kier alpha value is -1.76. The van der Waals surface area contributed by atoms with Gasteiger partial charge in [-0.1, -0.05) is 31.0 Å². The number of aromatic nitrogens is 3. The van der Waals surface area contributed by atoms with E-state index in [2.05, 4.69) is 21.7 Å². The molecule has 2 aromatic rings. The van der Waals surface area contributed by atoms with Crippen molar-refractivity contribution < 1.29 is 9.21 Å². The molecule has 1 amide bonds. The molecule has 0 bridgehead atoms. The SMILES string of the molecule is CC1CCCCN1C(=O)CSc1nnc(-c2ccco2)n1C1CCCCC1. The van der Waals surface area contributed by atoms with Gasteiger partial charge in [-0.25, -0.2) is 0 Å². The lowest BCUT2D eigenvalue weighted by atomic mass is 9.95. The number of amides is 1. The highest BCUT2D eigenvalue weighted by Gasteiger charge is 2.27. The maximum absolute atomic E-state index is 12.7. The predicted octanol–water partition coefficient (Wildman–Crippen LogP) is 4.54. The van der Waals surface area contributed by atoms with Gasteiger partial charge in [-0.3, -0.25) is 9.36 Å². The molecule has 4 rings (SSSR count). The van der Waals surface area contributed by atoms with E-state index in [1.54, 1.807) is 6.26 Å². The Bertz CT molecular complexity index is 752. The molecule has 1 unspecified atom stereocenters. The van der Waals surface area contributed by atoms with Gasteiger partial charge in [0.1, 0.15) is 0 Å². The molecule has 1 saturated carbocycles. The Morgan fingerprint density at radius 3 is 2.74 bits per heavy atom. The number of nitrogens with zero attached hydrogens (tertiary/aromatic N) is 4. The van der Waals surface area contributed by atoms with Gasteiger partial charge in [0.15, 0.2) is 10.9 Å². The van der Waals surface area contributed by atoms with Crippen LogP contribution in [0.1, 0.15) is 64.3 Å². The fourth-order valence-electron chi connectivity index (χ4n) is 4.30. The summed E-state index contributed by atoms with van der Waals surface area (Å²) in [5.41, 5.74) is 0. The summed E-state index contributed by atoms with van der Waals surface area (Å²) >= 11 is 1.52. The van der Waals surface area contributed by atoms with Crippen molar-refractivity contribution in [3.63, 3.8) is 0 Å². The average Bonchev–Trinajstić information content (AvgIpc) is 3.36. The Balaban J connectivity index is 1.52. The Morgan fingerprint density at radius 2 is 2.00 bits per heavy atom. The number of likely N-dealkylation sites (tertiary alicyclic amines) is 1. The van der Waals surface area contributed by atoms with Crippen molar-refractivity contribution >= 4 is 17.7 Å². The van der Waals surface area contributed by atoms with Crippen LogP contribution in [0.4, 0.5) is 0 Å². The number of carbonyl (C=O) groups excluding carboxylic acids is 1. The van der Waals surface area contributed by atoms with Gasteiger partial charge in [0, 0.05) is 18.6 Å². The third-order valence-electron chi connectivity index (χ3n) is 5.79. The van der Waals surface area contributed by atoms with Crippen LogP contribution in [0.15, 0.2) is 28.0 Å². The fraction of sp³-hybridized carbons (Fsp3) is 0.650. The van der Waals surface area contributed by atoms with Gasteiger partial charge < -0.3 is 9.32 Å². The van der Waals surface area contributed by atoms with Crippen molar-refractivity contribution in [2.45, 2.75) is 75.5 Å². The monoisotopic (exact) mass is 388 g/mol. The minimum absolute atomic E-state index is 0.213. The number of thioether (sulfide) groups is 1. The van der Waals surface area contributed by atoms with Crippen LogP contribution in [0.25, 0.3) is 11.6 Å². The predicted molar refractivity (Wildman–Crippen MR) is 106 cm³/mol. The van der Waals surface area contributed by atoms with E-state index in [9.17, 15) is 4.79 Å². The molecule has 0 radical (unpaired) electrons. The Labute approximate surface area is 164 Å². The highest BCUT2D eigenvalue weighted by Crippen LogP contribution is 2.35. The van der Waals surface area contributed by atoms with Crippen LogP contribution in [-0.4, -0.2) is 43.9 Å². The van der Waals surface area contributed by atoms with Crippen LogP contribution in [-0.2, 0) is 4.79 Å². The highest BCUT2D eigenvalue weighted by molar-refractivity contribution is 7.99. The maximum atomic E-state index is 12.7. The van der Waals surface area contributed by atoms with Gasteiger partial charge in [-0.05, 0) is 51.2 Å². The second kappa shape index (κ2) is 8.50. The average molecular weight is 389 g/mol. The van der Waals surface area contributed by atoms with Gasteiger partial charge in [-0.15, -0.1) is 10.2 Å². The van der Waals surface area contributed by atoms with E-state index in [1.165, 1.54) is 37.4 Å². The molecule has 0 spiro atoms. The third kappa shape index (κ3) is 4.08. The van der Waals surface area contributed by atoms with E-state index in [0.29, 0.717) is 17.8 Å². The molecule has 27 heavy (non-hydrogen) atoms. The van der Waals surface area contributed by atoms with Crippen molar-refractivity contribution in [1.29, 1.82) is 0 Å². The summed E-state index contributed by atoms with van der Waals surface area (Å²) in [4.78, 5) is 14.8. The minimum Gasteiger partial charge on any atom is -0.461 e. The van der Waals surface area contributed by atoms with Crippen LogP contribution in [0.5, 0.6) is 0 Å². The zero-order chi connectivity index (χ0) is 18.6. The molecule has 0 aromatic carbocycles. The fourth-order valence-corrected chi connectivity index (χ4v) is 5.19. The Kier molecular flexibility index (Phi) is 5.86. The number of carbonyl (C=O) groups is 1. The van der Waals surface area contributed by atoms with Crippen LogP contribution in [0, 0.1) is 0 Å². The van der Waals surface area contributed by atoms with Crippen LogP contribution in [0.3, 0.4) is 0 Å². The van der Waals surface area contributed by atoms with E-state index in [-0.39, 0.29) is 5.91 Å². The van der Waals surface area contributed by atoms with Gasteiger partial charge in [0.05, 0.1) is 12.0 Å². The van der Waals surface area contributed by atoms with Crippen LogP contribution in [0.2, 0.25) is 0 Å². The van der Waals surface area contributed by atoms with Crippen molar-refractivity contribution in [2.75, 3.05) is 12.3 Å². The zero-order valence-electron chi connectivity index (χ0n) is 16.0. The van der Waals surface area contributed by atoms with Crippen LogP contribution < -0.4 is 0 Å². The highest BCUT2D eigenvalue weighted by atomic mass is 32.2. The summed E-state index contributed by atoms with van der Waals surface area (Å²) in [7, 11) is 0. The number of rotatable bonds is 5. The molecule has 2 fully saturated rings. The molecule has 2 aliphatic rings. The van der Waals surface area contributed by atoms with E-state index in [4.69, 9.17) is 4.42 Å². The standard InChI is InChI=1S/C20H28N4O2S/c1-15-8-5-6-12-23(15)18(25)14-27-20-22-21-19(17-11-7-13-26-17)24(20)16-9-3-2-4-10-16/h7,11,13,15-16H,2-6,8-10,12,14H2,1H3. The van der Waals surface area contributed by atoms with Gasteiger partial charge in [0.25, 0.3) is 0 Å². The molecule has 3 heterocycles. The first-order chi connectivity index (χ1) is 13.2. The molecular formula is C20H28N4O2S. The summed E-state index contributed by atoms with van der Waals surface area (Å²) in [6.45, 7) is 3.04. The molecule has 7 heteroatoms. The third-order valence-corrected chi connectivity index (χ3v) is 6.72. The number of piperidine rings is 1.